The van der Waals surface area contributed by atoms with Crippen LogP contribution in [0.1, 0.15) is 90.5 Å². The molecule has 0 aliphatic carbocycles. The zero-order valence-corrected chi connectivity index (χ0v) is 18.4. The fourth-order valence-electron chi connectivity index (χ4n) is 3.80. The van der Waals surface area contributed by atoms with Gasteiger partial charge in [-0.1, -0.05) is 76.8 Å². The van der Waals surface area contributed by atoms with Gasteiger partial charge in [-0.05, 0) is 32.8 Å². The van der Waals surface area contributed by atoms with Crippen molar-refractivity contribution in [3.63, 3.8) is 0 Å². The standard InChI is InChI=1S/C22H39NO3S/c1-4-7-8-9-10-11-12-13-14-15-17-20-18-16-19-21(27(24,25)26)22(20)23(5-2)6-3/h16,18-19H,4-15,17H2,1-3H3,(H,24,25,26). The summed E-state index contributed by atoms with van der Waals surface area (Å²) in [5.74, 6) is 0. The summed E-state index contributed by atoms with van der Waals surface area (Å²) >= 11 is 0. The summed E-state index contributed by atoms with van der Waals surface area (Å²) in [6, 6.07) is 5.16. The highest BCUT2D eigenvalue weighted by molar-refractivity contribution is 7.85. The fourth-order valence-corrected chi connectivity index (χ4v) is 4.57. The molecule has 0 aliphatic rings. The van der Waals surface area contributed by atoms with Gasteiger partial charge in [-0.15, -0.1) is 0 Å². The van der Waals surface area contributed by atoms with Crippen molar-refractivity contribution in [2.45, 2.75) is 96.3 Å². The third-order valence-electron chi connectivity index (χ3n) is 5.39. The first-order chi connectivity index (χ1) is 13.0. The van der Waals surface area contributed by atoms with Gasteiger partial charge in [0.25, 0.3) is 0 Å². The summed E-state index contributed by atoms with van der Waals surface area (Å²) in [6.07, 6.45) is 13.6. The maximum Gasteiger partial charge on any atom is 0.152 e. The Hall–Kier alpha value is -0.910. The third-order valence-corrected chi connectivity index (χ3v) is 6.27. The van der Waals surface area contributed by atoms with Gasteiger partial charge in [-0.2, -0.15) is 0 Å². The zero-order valence-electron chi connectivity index (χ0n) is 17.6. The first kappa shape index (κ1) is 24.1. The first-order valence-electron chi connectivity index (χ1n) is 10.9. The van der Waals surface area contributed by atoms with Crippen LogP contribution in [0.3, 0.4) is 0 Å². The minimum Gasteiger partial charge on any atom is -0.744 e. The molecule has 1 aromatic carbocycles. The molecular weight excluding hydrogens is 358 g/mol. The number of aryl methyl sites for hydroxylation is 1. The minimum atomic E-state index is -4.44. The molecule has 156 valence electrons. The van der Waals surface area contributed by atoms with Crippen molar-refractivity contribution in [3.05, 3.63) is 23.8 Å². The Morgan fingerprint density at radius 2 is 1.33 bits per heavy atom. The topological polar surface area (TPSA) is 61.6 Å². The number of unbranched alkanes of at least 4 members (excludes halogenated alkanes) is 9. The van der Waals surface area contributed by atoms with Crippen LogP contribution < -0.4 is 4.90 Å². The Balaban J connectivity index is 2.55. The SMILES string of the molecule is CCCCCCCCCCCCc1cccc(S(=O)(=O)[O-])c1[NH+](CC)CC. The van der Waals surface area contributed by atoms with E-state index in [9.17, 15) is 13.0 Å². The molecule has 0 aliphatic heterocycles. The van der Waals surface area contributed by atoms with E-state index < -0.39 is 10.1 Å². The number of benzene rings is 1. The molecule has 1 rings (SSSR count). The van der Waals surface area contributed by atoms with Crippen LogP contribution in [-0.4, -0.2) is 26.1 Å². The summed E-state index contributed by atoms with van der Waals surface area (Å²) in [5.41, 5.74) is 1.72. The van der Waals surface area contributed by atoms with Gasteiger partial charge >= 0.3 is 0 Å². The summed E-state index contributed by atoms with van der Waals surface area (Å²) in [7, 11) is -4.44. The van der Waals surface area contributed by atoms with Crippen molar-refractivity contribution in [2.24, 2.45) is 0 Å². The summed E-state index contributed by atoms with van der Waals surface area (Å²) in [5, 5.41) is 0. The highest BCUT2D eigenvalue weighted by Crippen LogP contribution is 2.24. The summed E-state index contributed by atoms with van der Waals surface area (Å²) < 4.78 is 35.1. The smallest absolute Gasteiger partial charge is 0.152 e. The molecule has 1 N–H and O–H groups in total. The molecular formula is C22H39NO3S. The van der Waals surface area contributed by atoms with Gasteiger partial charge in [-0.3, -0.25) is 0 Å². The van der Waals surface area contributed by atoms with E-state index in [1.807, 2.05) is 19.9 Å². The molecule has 0 atom stereocenters. The zero-order chi connectivity index (χ0) is 20.1. The molecule has 0 bridgehead atoms. The average molecular weight is 398 g/mol. The maximum atomic E-state index is 11.7. The van der Waals surface area contributed by atoms with Crippen molar-refractivity contribution in [2.75, 3.05) is 13.1 Å². The van der Waals surface area contributed by atoms with E-state index in [4.69, 9.17) is 0 Å². The second-order valence-electron chi connectivity index (χ2n) is 7.49. The summed E-state index contributed by atoms with van der Waals surface area (Å²) in [4.78, 5) is 1.03. The second-order valence-corrected chi connectivity index (χ2v) is 8.84. The molecule has 0 spiro atoms. The number of para-hydroxylation sites is 1. The molecule has 0 radical (unpaired) electrons. The summed E-state index contributed by atoms with van der Waals surface area (Å²) in [6.45, 7) is 7.84. The number of hydrogen-bond acceptors (Lipinski definition) is 3. The lowest BCUT2D eigenvalue weighted by Crippen LogP contribution is -3.07. The molecule has 4 nitrogen and oxygen atoms in total. The number of hydrogen-bond donors (Lipinski definition) is 1. The number of nitrogens with one attached hydrogen (secondary N) is 1. The van der Waals surface area contributed by atoms with E-state index >= 15 is 0 Å². The van der Waals surface area contributed by atoms with Crippen LogP contribution in [0.4, 0.5) is 5.69 Å². The predicted molar refractivity (Wildman–Crippen MR) is 112 cm³/mol. The van der Waals surface area contributed by atoms with Crippen LogP contribution in [0.5, 0.6) is 0 Å². The molecule has 0 saturated heterocycles. The van der Waals surface area contributed by atoms with E-state index in [0.29, 0.717) is 5.69 Å². The van der Waals surface area contributed by atoms with Crippen LogP contribution >= 0.6 is 0 Å². The Labute approximate surface area is 167 Å². The lowest BCUT2D eigenvalue weighted by atomic mass is 10.0. The van der Waals surface area contributed by atoms with Gasteiger partial charge in [-0.25, -0.2) is 8.42 Å². The van der Waals surface area contributed by atoms with Gasteiger partial charge in [0.15, 0.2) is 5.69 Å². The van der Waals surface area contributed by atoms with Gasteiger partial charge in [0.2, 0.25) is 0 Å². The van der Waals surface area contributed by atoms with E-state index in [-0.39, 0.29) is 4.90 Å². The molecule has 0 aromatic heterocycles. The Morgan fingerprint density at radius 3 is 1.81 bits per heavy atom. The molecule has 1 aromatic rings. The molecule has 0 unspecified atom stereocenters. The maximum absolute atomic E-state index is 11.7. The number of rotatable bonds is 15. The Kier molecular flexibility index (Phi) is 11.9. The second kappa shape index (κ2) is 13.3. The van der Waals surface area contributed by atoms with Crippen molar-refractivity contribution in [1.29, 1.82) is 0 Å². The largest absolute Gasteiger partial charge is 0.744 e. The van der Waals surface area contributed by atoms with Crippen LogP contribution in [0, 0.1) is 0 Å². The lowest BCUT2D eigenvalue weighted by molar-refractivity contribution is -0.830. The minimum absolute atomic E-state index is 0.0363. The molecule has 0 fully saturated rings. The van der Waals surface area contributed by atoms with Crippen molar-refractivity contribution in [1.82, 2.24) is 0 Å². The normalized spacial score (nSPS) is 12.0. The highest BCUT2D eigenvalue weighted by Gasteiger charge is 2.21. The molecule has 5 heteroatoms. The van der Waals surface area contributed by atoms with Gasteiger partial charge in [0.1, 0.15) is 15.0 Å². The predicted octanol–water partition coefficient (Wildman–Crippen LogP) is 4.61. The molecule has 0 heterocycles. The number of quaternary nitrogens is 1. The Bertz CT molecular complexity index is 624. The molecule has 0 amide bonds. The van der Waals surface area contributed by atoms with E-state index in [0.717, 1.165) is 42.8 Å². The Morgan fingerprint density at radius 1 is 0.815 bits per heavy atom. The van der Waals surface area contributed by atoms with E-state index in [2.05, 4.69) is 6.92 Å². The van der Waals surface area contributed by atoms with Crippen molar-refractivity contribution < 1.29 is 17.9 Å². The van der Waals surface area contributed by atoms with E-state index in [1.54, 1.807) is 6.07 Å². The lowest BCUT2D eigenvalue weighted by Gasteiger charge is -2.22. The van der Waals surface area contributed by atoms with Gasteiger partial charge in [0, 0.05) is 5.56 Å². The molecule has 27 heavy (non-hydrogen) atoms. The van der Waals surface area contributed by atoms with Crippen LogP contribution in [0.2, 0.25) is 0 Å². The van der Waals surface area contributed by atoms with Gasteiger partial charge < -0.3 is 9.45 Å². The van der Waals surface area contributed by atoms with Crippen molar-refractivity contribution in [3.8, 4) is 0 Å². The quantitative estimate of drug-likeness (QED) is 0.347. The van der Waals surface area contributed by atoms with Crippen LogP contribution in [0.15, 0.2) is 23.1 Å². The molecule has 0 saturated carbocycles. The fraction of sp³-hybridized carbons (Fsp3) is 0.727. The monoisotopic (exact) mass is 397 g/mol. The first-order valence-corrected chi connectivity index (χ1v) is 12.3. The van der Waals surface area contributed by atoms with Crippen LogP contribution in [0.25, 0.3) is 0 Å². The van der Waals surface area contributed by atoms with Gasteiger partial charge in [0.05, 0.1) is 13.1 Å². The van der Waals surface area contributed by atoms with Crippen LogP contribution in [-0.2, 0) is 16.5 Å². The van der Waals surface area contributed by atoms with E-state index in [1.165, 1.54) is 57.4 Å². The highest BCUT2D eigenvalue weighted by atomic mass is 32.2. The van der Waals surface area contributed by atoms with Crippen molar-refractivity contribution >= 4 is 15.8 Å². The average Bonchev–Trinajstić information content (AvgIpc) is 2.64. The third kappa shape index (κ3) is 8.75.